The van der Waals surface area contributed by atoms with E-state index >= 15 is 0 Å². The monoisotopic (exact) mass is 808 g/mol. The summed E-state index contributed by atoms with van der Waals surface area (Å²) in [4.78, 5) is 5.46. The summed E-state index contributed by atoms with van der Waals surface area (Å²) in [6.07, 6.45) is 4.77. The van der Waals surface area contributed by atoms with E-state index in [4.69, 9.17) is 0 Å². The highest BCUT2D eigenvalue weighted by atomic mass is 32.1. The highest BCUT2D eigenvalue weighted by Crippen LogP contribution is 2.56. The summed E-state index contributed by atoms with van der Waals surface area (Å²) in [7, 11) is 0. The summed E-state index contributed by atoms with van der Waals surface area (Å²) >= 11 is 1.98. The van der Waals surface area contributed by atoms with Gasteiger partial charge in [0.05, 0.1) is 10.7 Å². The Bertz CT molecular complexity index is 2800. The van der Waals surface area contributed by atoms with Gasteiger partial charge < -0.3 is 9.80 Å². The van der Waals surface area contributed by atoms with Crippen LogP contribution in [0.15, 0.2) is 72.8 Å². The second-order valence-corrected chi connectivity index (χ2v) is 24.1. The van der Waals surface area contributed by atoms with Gasteiger partial charge in [0.2, 0.25) is 0 Å². The third kappa shape index (κ3) is 5.64. The molecule has 0 saturated heterocycles. The standard InChI is InChI=1S/C56H65BN2S/c1-32-16-21-45-38(26-32)47-51(60-45)59(49-34(3)29-36(30-35(49)4)52(5,6)7)44-28-33(2)27-43-48(44)57(47)42-20-19-40-46(56(14,15)25-24-54(40,10)11)50(42)58(43)37-17-18-39-41(31-37)55(12,13)23-22-53(39,8)9/h16-21,26-31H,22-25H2,1-15H3. The summed E-state index contributed by atoms with van der Waals surface area (Å²) in [5.41, 5.74) is 24.2. The molecule has 4 heteroatoms. The molecule has 0 amide bonds. The number of nitrogens with zero attached hydrogens (tertiary/aromatic N) is 2. The zero-order valence-electron chi connectivity index (χ0n) is 39.1. The predicted molar refractivity (Wildman–Crippen MR) is 264 cm³/mol. The molecule has 6 aromatic rings. The van der Waals surface area contributed by atoms with Crippen molar-refractivity contribution < 1.29 is 0 Å². The molecule has 0 spiro atoms. The summed E-state index contributed by atoms with van der Waals surface area (Å²) in [6, 6.07) is 29.9. The average molecular weight is 809 g/mol. The van der Waals surface area contributed by atoms with Crippen LogP contribution in [0.2, 0.25) is 0 Å². The summed E-state index contributed by atoms with van der Waals surface area (Å²) in [5, 5.41) is 2.77. The van der Waals surface area contributed by atoms with Crippen molar-refractivity contribution >= 4 is 78.0 Å². The van der Waals surface area contributed by atoms with Crippen molar-refractivity contribution in [2.45, 2.75) is 157 Å². The van der Waals surface area contributed by atoms with E-state index in [1.807, 2.05) is 11.3 Å². The van der Waals surface area contributed by atoms with Crippen LogP contribution >= 0.6 is 11.3 Å². The lowest BCUT2D eigenvalue weighted by atomic mass is 9.33. The second kappa shape index (κ2) is 12.7. The smallest absolute Gasteiger partial charge is 0.254 e. The number of fused-ring (bicyclic) bond motifs is 9. The summed E-state index contributed by atoms with van der Waals surface area (Å²) in [6.45, 7) is 36.3. The van der Waals surface area contributed by atoms with Gasteiger partial charge in [-0.2, -0.15) is 0 Å². The number of thiophene rings is 1. The average Bonchev–Trinajstić information content (AvgIpc) is 3.53. The van der Waals surface area contributed by atoms with Crippen LogP contribution in [0.5, 0.6) is 0 Å². The molecule has 308 valence electrons. The van der Waals surface area contributed by atoms with Crippen molar-refractivity contribution in [2.24, 2.45) is 0 Å². The Morgan fingerprint density at radius 1 is 0.550 bits per heavy atom. The van der Waals surface area contributed by atoms with Crippen LogP contribution in [0.4, 0.5) is 33.4 Å². The first-order valence-corrected chi connectivity index (χ1v) is 23.5. The Hall–Kier alpha value is -4.28. The van der Waals surface area contributed by atoms with Crippen molar-refractivity contribution in [3.63, 3.8) is 0 Å². The molecule has 0 unspecified atom stereocenters. The van der Waals surface area contributed by atoms with Crippen LogP contribution < -0.4 is 26.2 Å². The van der Waals surface area contributed by atoms with Gasteiger partial charge >= 0.3 is 0 Å². The lowest BCUT2D eigenvalue weighted by Gasteiger charge is -2.49. The molecular formula is C56H65BN2S. The molecule has 3 heterocycles. The fourth-order valence-electron chi connectivity index (χ4n) is 11.9. The highest BCUT2D eigenvalue weighted by Gasteiger charge is 2.50. The molecule has 0 saturated carbocycles. The minimum absolute atomic E-state index is 0.00787. The first kappa shape index (κ1) is 39.8. The molecule has 60 heavy (non-hydrogen) atoms. The lowest BCUT2D eigenvalue weighted by Crippen LogP contribution is -2.62. The van der Waals surface area contributed by atoms with E-state index in [1.54, 1.807) is 5.56 Å². The minimum atomic E-state index is 0.00787. The van der Waals surface area contributed by atoms with Crippen LogP contribution in [0, 0.1) is 27.7 Å². The van der Waals surface area contributed by atoms with E-state index in [9.17, 15) is 0 Å². The maximum Gasteiger partial charge on any atom is 0.254 e. The number of aryl methyl sites for hydroxylation is 4. The molecule has 1 aromatic heterocycles. The Morgan fingerprint density at radius 3 is 1.78 bits per heavy atom. The Kier molecular flexibility index (Phi) is 8.40. The molecule has 0 bridgehead atoms. The molecule has 2 aliphatic heterocycles. The molecule has 2 aliphatic carbocycles. The molecule has 4 aliphatic rings. The third-order valence-electron chi connectivity index (χ3n) is 15.6. The molecule has 5 aromatic carbocycles. The van der Waals surface area contributed by atoms with Gasteiger partial charge in [-0.15, -0.1) is 11.3 Å². The van der Waals surface area contributed by atoms with Crippen molar-refractivity contribution in [3.05, 3.63) is 123 Å². The quantitative estimate of drug-likeness (QED) is 0.161. The van der Waals surface area contributed by atoms with Crippen molar-refractivity contribution in [1.29, 1.82) is 0 Å². The zero-order valence-corrected chi connectivity index (χ0v) is 40.0. The van der Waals surface area contributed by atoms with Gasteiger partial charge in [0.1, 0.15) is 0 Å². The van der Waals surface area contributed by atoms with E-state index in [0.29, 0.717) is 0 Å². The fraction of sp³-hybridized carbons (Fsp3) is 0.429. The lowest BCUT2D eigenvalue weighted by molar-refractivity contribution is 0.331. The predicted octanol–water partition coefficient (Wildman–Crippen LogP) is 14.2. The van der Waals surface area contributed by atoms with Crippen molar-refractivity contribution in [2.75, 3.05) is 9.80 Å². The van der Waals surface area contributed by atoms with Gasteiger partial charge in [-0.25, -0.2) is 0 Å². The Labute approximate surface area is 365 Å². The van der Waals surface area contributed by atoms with Crippen LogP contribution in [-0.4, -0.2) is 6.71 Å². The molecule has 10 rings (SSSR count). The molecule has 2 nitrogen and oxygen atoms in total. The Balaban J connectivity index is 1.36. The van der Waals surface area contributed by atoms with E-state index in [0.717, 1.165) is 0 Å². The van der Waals surface area contributed by atoms with Crippen molar-refractivity contribution in [1.82, 2.24) is 0 Å². The zero-order chi connectivity index (χ0) is 42.8. The fourth-order valence-corrected chi connectivity index (χ4v) is 13.2. The third-order valence-corrected chi connectivity index (χ3v) is 16.8. The molecular weight excluding hydrogens is 744 g/mol. The van der Waals surface area contributed by atoms with E-state index < -0.39 is 0 Å². The van der Waals surface area contributed by atoms with Gasteiger partial charge in [-0.05, 0) is 177 Å². The van der Waals surface area contributed by atoms with Gasteiger partial charge in [-0.3, -0.25) is 0 Å². The molecule has 0 atom stereocenters. The van der Waals surface area contributed by atoms with Crippen LogP contribution in [0.3, 0.4) is 0 Å². The maximum absolute atomic E-state index is 2.77. The molecule has 0 N–H and O–H groups in total. The summed E-state index contributed by atoms with van der Waals surface area (Å²) in [5.74, 6) is 0. The van der Waals surface area contributed by atoms with Gasteiger partial charge in [0, 0.05) is 27.4 Å². The maximum atomic E-state index is 2.77. The SMILES string of the molecule is Cc1cc2c3c(c1)N(c1c(C)cc(C(C)(C)C)cc1C)c1sc4ccc(C)cc4c1B3c1ccc3c(c1N2c1ccc2c(c1)C(C)(C)CCC2(C)C)C(C)(C)CCC3(C)C. The van der Waals surface area contributed by atoms with E-state index in [2.05, 4.69) is 186 Å². The van der Waals surface area contributed by atoms with Gasteiger partial charge in [0.15, 0.2) is 0 Å². The number of benzene rings is 5. The van der Waals surface area contributed by atoms with Crippen molar-refractivity contribution in [3.8, 4) is 0 Å². The topological polar surface area (TPSA) is 6.48 Å². The molecule has 0 fully saturated rings. The summed E-state index contributed by atoms with van der Waals surface area (Å²) < 4.78 is 1.37. The highest BCUT2D eigenvalue weighted by molar-refractivity contribution is 7.26. The minimum Gasteiger partial charge on any atom is -0.311 e. The van der Waals surface area contributed by atoms with Crippen LogP contribution in [-0.2, 0) is 27.1 Å². The number of hydrogen-bond donors (Lipinski definition) is 0. The normalized spacial score (nSPS) is 19.1. The number of anilines is 6. The van der Waals surface area contributed by atoms with Gasteiger partial charge in [0.25, 0.3) is 6.71 Å². The first-order chi connectivity index (χ1) is 28.0. The second-order valence-electron chi connectivity index (χ2n) is 23.0. The number of rotatable bonds is 2. The molecule has 0 radical (unpaired) electrons. The van der Waals surface area contributed by atoms with Crippen LogP contribution in [0.1, 0.15) is 152 Å². The largest absolute Gasteiger partial charge is 0.311 e. The van der Waals surface area contributed by atoms with E-state index in [1.165, 1.54) is 130 Å². The first-order valence-electron chi connectivity index (χ1n) is 22.7. The van der Waals surface area contributed by atoms with E-state index in [-0.39, 0.29) is 33.8 Å². The number of hydrogen-bond acceptors (Lipinski definition) is 3. The Morgan fingerprint density at radius 2 is 1.13 bits per heavy atom. The van der Waals surface area contributed by atoms with Crippen LogP contribution in [0.25, 0.3) is 10.1 Å². The van der Waals surface area contributed by atoms with Gasteiger partial charge in [-0.1, -0.05) is 124 Å².